The number of likely N-dealkylation sites (tertiary alicyclic amines) is 1. The fourth-order valence-corrected chi connectivity index (χ4v) is 3.09. The van der Waals surface area contributed by atoms with E-state index in [0.29, 0.717) is 26.2 Å². The summed E-state index contributed by atoms with van der Waals surface area (Å²) in [4.78, 5) is 28.1. The summed E-state index contributed by atoms with van der Waals surface area (Å²) in [5.74, 6) is 0.722. The zero-order chi connectivity index (χ0) is 19.1. The highest BCUT2D eigenvalue weighted by molar-refractivity contribution is 5.78. The Morgan fingerprint density at radius 2 is 1.81 bits per heavy atom. The highest BCUT2D eigenvalue weighted by Crippen LogP contribution is 2.17. The lowest BCUT2D eigenvalue weighted by Gasteiger charge is -2.33. The molecule has 1 N–H and O–H groups in total. The molecule has 6 heteroatoms. The fourth-order valence-electron chi connectivity index (χ4n) is 3.09. The Balaban J connectivity index is 1.75. The topological polar surface area (TPSA) is 61.9 Å². The largest absolute Gasteiger partial charge is 0.484 e. The summed E-state index contributed by atoms with van der Waals surface area (Å²) >= 11 is 0. The van der Waals surface area contributed by atoms with E-state index in [-0.39, 0.29) is 24.6 Å². The Hall–Kier alpha value is -2.24. The lowest BCUT2D eigenvalue weighted by molar-refractivity contribution is -0.134. The summed E-state index contributed by atoms with van der Waals surface area (Å²) in [6, 6.07) is 5.96. The third-order valence-electron chi connectivity index (χ3n) is 5.07. The van der Waals surface area contributed by atoms with E-state index >= 15 is 0 Å². The van der Waals surface area contributed by atoms with Crippen LogP contribution in [-0.4, -0.2) is 60.6 Å². The number of aryl methyl sites for hydroxylation is 2. The van der Waals surface area contributed by atoms with Crippen molar-refractivity contribution in [3.05, 3.63) is 29.3 Å². The third-order valence-corrected chi connectivity index (χ3v) is 5.07. The van der Waals surface area contributed by atoms with E-state index in [9.17, 15) is 9.59 Å². The van der Waals surface area contributed by atoms with Crippen LogP contribution in [0.1, 0.15) is 37.8 Å². The fraction of sp³-hybridized carbons (Fsp3) is 0.600. The molecule has 1 aliphatic heterocycles. The number of carbonyl (C=O) groups excluding carboxylic acids is 2. The van der Waals surface area contributed by atoms with Crippen LogP contribution >= 0.6 is 0 Å². The summed E-state index contributed by atoms with van der Waals surface area (Å²) in [7, 11) is 0. The van der Waals surface area contributed by atoms with Crippen molar-refractivity contribution in [3.8, 4) is 5.75 Å². The predicted octanol–water partition coefficient (Wildman–Crippen LogP) is 2.72. The van der Waals surface area contributed by atoms with Gasteiger partial charge in [-0.15, -0.1) is 0 Å². The Morgan fingerprint density at radius 1 is 1.15 bits per heavy atom. The third kappa shape index (κ3) is 5.38. The van der Waals surface area contributed by atoms with Gasteiger partial charge in [0.15, 0.2) is 6.61 Å². The second kappa shape index (κ2) is 9.46. The van der Waals surface area contributed by atoms with E-state index in [1.54, 1.807) is 4.90 Å². The smallest absolute Gasteiger partial charge is 0.317 e. The number of urea groups is 1. The molecule has 0 aromatic heterocycles. The van der Waals surface area contributed by atoms with Crippen molar-refractivity contribution in [1.29, 1.82) is 0 Å². The van der Waals surface area contributed by atoms with Gasteiger partial charge in [-0.1, -0.05) is 6.07 Å². The summed E-state index contributed by atoms with van der Waals surface area (Å²) in [6.45, 7) is 10.8. The molecule has 144 valence electrons. The average Bonchev–Trinajstić information content (AvgIpc) is 2.64. The Morgan fingerprint density at radius 3 is 2.38 bits per heavy atom. The number of nitrogens with zero attached hydrogens (tertiary/aromatic N) is 2. The molecule has 1 aliphatic rings. The molecule has 0 atom stereocenters. The van der Waals surface area contributed by atoms with Gasteiger partial charge in [-0.05, 0) is 63.8 Å². The van der Waals surface area contributed by atoms with Gasteiger partial charge < -0.3 is 19.9 Å². The summed E-state index contributed by atoms with van der Waals surface area (Å²) < 4.78 is 5.64. The summed E-state index contributed by atoms with van der Waals surface area (Å²) in [5.41, 5.74) is 2.36. The maximum absolute atomic E-state index is 12.4. The standard InChI is InChI=1S/C20H31N3O3/c1-5-22(6-2)20(25)21-17-9-11-23(12-10-17)19(24)14-26-18-8-7-15(3)16(4)13-18/h7-8,13,17H,5-6,9-12,14H2,1-4H3,(H,21,25). The van der Waals surface area contributed by atoms with Crippen LogP contribution < -0.4 is 10.1 Å². The number of piperidine rings is 1. The minimum absolute atomic E-state index is 0.00301. The molecule has 0 aliphatic carbocycles. The Kier molecular flexibility index (Phi) is 7.30. The second-order valence-electron chi connectivity index (χ2n) is 6.81. The van der Waals surface area contributed by atoms with Crippen LogP contribution in [0.4, 0.5) is 4.79 Å². The maximum atomic E-state index is 12.4. The van der Waals surface area contributed by atoms with Crippen LogP contribution in [0.15, 0.2) is 18.2 Å². The molecule has 1 fully saturated rings. The van der Waals surface area contributed by atoms with Crippen molar-refractivity contribution in [2.75, 3.05) is 32.8 Å². The molecule has 0 spiro atoms. The van der Waals surface area contributed by atoms with Gasteiger partial charge in [-0.25, -0.2) is 4.79 Å². The van der Waals surface area contributed by atoms with Crippen LogP contribution in [0.5, 0.6) is 5.75 Å². The molecule has 0 radical (unpaired) electrons. The summed E-state index contributed by atoms with van der Waals surface area (Å²) in [6.07, 6.45) is 1.56. The zero-order valence-corrected chi connectivity index (χ0v) is 16.4. The number of amides is 3. The molecule has 1 aromatic carbocycles. The molecule has 6 nitrogen and oxygen atoms in total. The van der Waals surface area contributed by atoms with Gasteiger partial charge in [0.25, 0.3) is 5.91 Å². The first kappa shape index (κ1) is 20.1. The Bertz CT molecular complexity index is 621. The van der Waals surface area contributed by atoms with E-state index in [1.165, 1.54) is 5.56 Å². The molecule has 0 bridgehead atoms. The molecule has 1 heterocycles. The van der Waals surface area contributed by atoms with Crippen LogP contribution in [0, 0.1) is 13.8 Å². The van der Waals surface area contributed by atoms with Gasteiger partial charge in [0.1, 0.15) is 5.75 Å². The lowest BCUT2D eigenvalue weighted by Crippen LogP contribution is -2.50. The van der Waals surface area contributed by atoms with Crippen molar-refractivity contribution in [3.63, 3.8) is 0 Å². The van der Waals surface area contributed by atoms with Crippen LogP contribution in [0.25, 0.3) is 0 Å². The van der Waals surface area contributed by atoms with Gasteiger partial charge in [0, 0.05) is 32.2 Å². The van der Waals surface area contributed by atoms with Gasteiger partial charge >= 0.3 is 6.03 Å². The molecule has 1 aromatic rings. The number of carbonyl (C=O) groups is 2. The predicted molar refractivity (Wildman–Crippen MR) is 102 cm³/mol. The molecule has 1 saturated heterocycles. The number of hydrogen-bond donors (Lipinski definition) is 1. The van der Waals surface area contributed by atoms with Crippen LogP contribution in [0.2, 0.25) is 0 Å². The van der Waals surface area contributed by atoms with Crippen molar-refractivity contribution in [2.45, 2.75) is 46.6 Å². The van der Waals surface area contributed by atoms with Crippen molar-refractivity contribution < 1.29 is 14.3 Å². The summed E-state index contributed by atoms with van der Waals surface area (Å²) in [5, 5.41) is 3.07. The number of ether oxygens (including phenoxy) is 1. The molecule has 26 heavy (non-hydrogen) atoms. The Labute approximate surface area is 156 Å². The van der Waals surface area contributed by atoms with Gasteiger partial charge in [-0.2, -0.15) is 0 Å². The molecule has 2 rings (SSSR count). The SMILES string of the molecule is CCN(CC)C(=O)NC1CCN(C(=O)COc2ccc(C)c(C)c2)CC1. The molecular weight excluding hydrogens is 330 g/mol. The van der Waals surface area contributed by atoms with Crippen molar-refractivity contribution >= 4 is 11.9 Å². The van der Waals surface area contributed by atoms with E-state index in [0.717, 1.165) is 24.2 Å². The number of hydrogen-bond acceptors (Lipinski definition) is 3. The number of rotatable bonds is 6. The minimum atomic E-state index is -0.0159. The molecular formula is C20H31N3O3. The molecule has 0 unspecified atom stereocenters. The molecule has 0 saturated carbocycles. The average molecular weight is 361 g/mol. The molecule has 3 amide bonds. The second-order valence-corrected chi connectivity index (χ2v) is 6.81. The maximum Gasteiger partial charge on any atom is 0.317 e. The normalized spacial score (nSPS) is 14.8. The van der Waals surface area contributed by atoms with Gasteiger partial charge in [-0.3, -0.25) is 4.79 Å². The number of nitrogens with one attached hydrogen (secondary N) is 1. The van der Waals surface area contributed by atoms with Crippen molar-refractivity contribution in [1.82, 2.24) is 15.1 Å². The number of benzene rings is 1. The van der Waals surface area contributed by atoms with Gasteiger partial charge in [0.05, 0.1) is 0 Å². The van der Waals surface area contributed by atoms with Crippen LogP contribution in [-0.2, 0) is 4.79 Å². The lowest BCUT2D eigenvalue weighted by atomic mass is 10.1. The monoisotopic (exact) mass is 361 g/mol. The quantitative estimate of drug-likeness (QED) is 0.847. The van der Waals surface area contributed by atoms with E-state index in [2.05, 4.69) is 5.32 Å². The first-order valence-corrected chi connectivity index (χ1v) is 9.47. The van der Waals surface area contributed by atoms with E-state index in [4.69, 9.17) is 4.74 Å². The van der Waals surface area contributed by atoms with Gasteiger partial charge in [0.2, 0.25) is 0 Å². The van der Waals surface area contributed by atoms with E-state index < -0.39 is 0 Å². The first-order valence-electron chi connectivity index (χ1n) is 9.47. The highest BCUT2D eigenvalue weighted by Gasteiger charge is 2.25. The first-order chi connectivity index (χ1) is 12.4. The minimum Gasteiger partial charge on any atom is -0.484 e. The van der Waals surface area contributed by atoms with E-state index in [1.807, 2.05) is 50.8 Å². The van der Waals surface area contributed by atoms with Crippen molar-refractivity contribution in [2.24, 2.45) is 0 Å². The highest BCUT2D eigenvalue weighted by atomic mass is 16.5. The zero-order valence-electron chi connectivity index (χ0n) is 16.4. The van der Waals surface area contributed by atoms with Crippen LogP contribution in [0.3, 0.4) is 0 Å².